The maximum absolute atomic E-state index is 13.1. The molecule has 0 amide bonds. The molecule has 10 heteroatoms. The number of benzene rings is 3. The second-order valence-electron chi connectivity index (χ2n) is 7.12. The first kappa shape index (κ1) is 26.1. The molecule has 8 nitrogen and oxygen atoms in total. The Morgan fingerprint density at radius 3 is 1.91 bits per heavy atom. The molecule has 0 heterocycles. The molecule has 0 aliphatic rings. The molecule has 0 atom stereocenters. The fraction of sp³-hybridized carbons (Fsp3) is 0.200. The van der Waals surface area contributed by atoms with Gasteiger partial charge in [-0.1, -0.05) is 29.8 Å². The van der Waals surface area contributed by atoms with Gasteiger partial charge in [-0.3, -0.25) is 4.72 Å². The summed E-state index contributed by atoms with van der Waals surface area (Å²) in [7, 11) is 3.50. The summed E-state index contributed by atoms with van der Waals surface area (Å²) in [4.78, 5) is 0.00873. The van der Waals surface area contributed by atoms with Gasteiger partial charge in [-0.25, -0.2) is 8.42 Å². The number of ether oxygens (including phenoxy) is 5. The van der Waals surface area contributed by atoms with E-state index >= 15 is 0 Å². The van der Waals surface area contributed by atoms with Crippen LogP contribution in [0.15, 0.2) is 53.4 Å². The Bertz CT molecular complexity index is 1310. The van der Waals surface area contributed by atoms with Gasteiger partial charge in [-0.05, 0) is 48.0 Å². The number of sulfonamides is 1. The van der Waals surface area contributed by atoms with Crippen molar-refractivity contribution in [3.05, 3.63) is 64.7 Å². The summed E-state index contributed by atoms with van der Waals surface area (Å²) in [6, 6.07) is 12.9. The second kappa shape index (κ2) is 11.2. The van der Waals surface area contributed by atoms with E-state index in [0.717, 1.165) is 5.56 Å². The molecule has 0 unspecified atom stereocenters. The first-order valence-electron chi connectivity index (χ1n) is 10.3. The zero-order valence-electron chi connectivity index (χ0n) is 19.9. The van der Waals surface area contributed by atoms with E-state index in [4.69, 9.17) is 35.3 Å². The largest absolute Gasteiger partial charge is 0.493 e. The number of methoxy groups -OCH3 is 5. The predicted molar refractivity (Wildman–Crippen MR) is 137 cm³/mol. The van der Waals surface area contributed by atoms with Crippen LogP contribution in [-0.2, 0) is 10.0 Å². The highest BCUT2D eigenvalue weighted by Crippen LogP contribution is 2.41. The summed E-state index contributed by atoms with van der Waals surface area (Å²) >= 11 is 6.00. The lowest BCUT2D eigenvalue weighted by molar-refractivity contribution is 0.324. The van der Waals surface area contributed by atoms with E-state index in [9.17, 15) is 8.42 Å². The lowest BCUT2D eigenvalue weighted by Crippen LogP contribution is -2.15. The molecule has 186 valence electrons. The van der Waals surface area contributed by atoms with E-state index in [0.29, 0.717) is 33.6 Å². The van der Waals surface area contributed by atoms with Crippen LogP contribution in [0.1, 0.15) is 11.1 Å². The van der Waals surface area contributed by atoms with E-state index in [1.165, 1.54) is 47.7 Å². The van der Waals surface area contributed by atoms with E-state index in [-0.39, 0.29) is 16.3 Å². The van der Waals surface area contributed by atoms with Gasteiger partial charge in [-0.15, -0.1) is 0 Å². The molecule has 3 aromatic carbocycles. The topological polar surface area (TPSA) is 92.3 Å². The molecule has 0 aliphatic heterocycles. The van der Waals surface area contributed by atoms with Gasteiger partial charge in [0.05, 0.1) is 40.4 Å². The van der Waals surface area contributed by atoms with Gasteiger partial charge >= 0.3 is 0 Å². The van der Waals surface area contributed by atoms with Crippen molar-refractivity contribution in [2.75, 3.05) is 40.3 Å². The smallest absolute Gasteiger partial charge is 0.262 e. The Kier molecular flexibility index (Phi) is 8.37. The van der Waals surface area contributed by atoms with Gasteiger partial charge in [0.1, 0.15) is 5.69 Å². The van der Waals surface area contributed by atoms with Crippen LogP contribution < -0.4 is 28.4 Å². The summed E-state index contributed by atoms with van der Waals surface area (Å²) in [6.07, 6.45) is 3.52. The quantitative estimate of drug-likeness (QED) is 0.361. The maximum atomic E-state index is 13.1. The van der Waals surface area contributed by atoms with E-state index < -0.39 is 10.0 Å². The Labute approximate surface area is 210 Å². The van der Waals surface area contributed by atoms with Crippen molar-refractivity contribution in [1.82, 2.24) is 0 Å². The fourth-order valence-corrected chi connectivity index (χ4v) is 4.79. The van der Waals surface area contributed by atoms with Crippen molar-refractivity contribution in [1.29, 1.82) is 0 Å². The molecule has 3 rings (SSSR count). The van der Waals surface area contributed by atoms with Crippen molar-refractivity contribution < 1.29 is 32.1 Å². The lowest BCUT2D eigenvalue weighted by Gasteiger charge is -2.17. The SMILES string of the molecule is COc1cc(/C=C\c2ccc(OC)c(OC)c2NS(=O)(=O)c2cccc(Cl)c2)cc(OC)c1OC. The van der Waals surface area contributed by atoms with E-state index in [1.807, 2.05) is 0 Å². The van der Waals surface area contributed by atoms with Crippen LogP contribution in [0.3, 0.4) is 0 Å². The third-order valence-electron chi connectivity index (χ3n) is 5.06. The van der Waals surface area contributed by atoms with Gasteiger partial charge in [0.15, 0.2) is 23.0 Å². The summed E-state index contributed by atoms with van der Waals surface area (Å²) in [6.45, 7) is 0. The molecule has 0 aromatic heterocycles. The molecule has 3 aromatic rings. The predicted octanol–water partition coefficient (Wildman–Crippen LogP) is 5.35. The molecule has 0 saturated carbocycles. The number of hydrogen-bond acceptors (Lipinski definition) is 7. The molecule has 0 spiro atoms. The van der Waals surface area contributed by atoms with E-state index in [1.54, 1.807) is 48.6 Å². The van der Waals surface area contributed by atoms with Crippen LogP contribution in [-0.4, -0.2) is 44.0 Å². The number of nitrogens with one attached hydrogen (secondary N) is 1. The molecular formula is C25H26ClNO7S. The molecule has 0 radical (unpaired) electrons. The number of anilines is 1. The average Bonchev–Trinajstić information content (AvgIpc) is 2.86. The Balaban J connectivity index is 2.11. The molecule has 0 fully saturated rings. The van der Waals surface area contributed by atoms with Gasteiger partial charge < -0.3 is 23.7 Å². The third kappa shape index (κ3) is 5.75. The van der Waals surface area contributed by atoms with Crippen LogP contribution in [0.25, 0.3) is 12.2 Å². The number of hydrogen-bond donors (Lipinski definition) is 1. The Morgan fingerprint density at radius 1 is 0.743 bits per heavy atom. The van der Waals surface area contributed by atoms with Crippen LogP contribution in [0.4, 0.5) is 5.69 Å². The zero-order valence-corrected chi connectivity index (χ0v) is 21.5. The standard InChI is InChI=1S/C25H26ClNO7S/c1-30-20-12-11-17(10-9-16-13-21(31-2)24(33-4)22(14-16)32-3)23(25(20)34-5)27-35(28,29)19-8-6-7-18(26)15-19/h6-15,27H,1-5H3/b10-9-. The highest BCUT2D eigenvalue weighted by atomic mass is 35.5. The van der Waals surface area contributed by atoms with Crippen LogP contribution >= 0.6 is 11.6 Å². The van der Waals surface area contributed by atoms with Crippen LogP contribution in [0, 0.1) is 0 Å². The molecule has 35 heavy (non-hydrogen) atoms. The highest BCUT2D eigenvalue weighted by molar-refractivity contribution is 7.92. The van der Waals surface area contributed by atoms with Crippen LogP contribution in [0.5, 0.6) is 28.7 Å². The third-order valence-corrected chi connectivity index (χ3v) is 6.65. The van der Waals surface area contributed by atoms with Crippen molar-refractivity contribution in [2.24, 2.45) is 0 Å². The normalized spacial score (nSPS) is 11.3. The first-order valence-corrected chi connectivity index (χ1v) is 12.2. The van der Waals surface area contributed by atoms with Gasteiger partial charge in [0, 0.05) is 10.6 Å². The maximum Gasteiger partial charge on any atom is 0.262 e. The first-order chi connectivity index (χ1) is 16.8. The van der Waals surface area contributed by atoms with Crippen molar-refractivity contribution >= 4 is 39.5 Å². The second-order valence-corrected chi connectivity index (χ2v) is 9.24. The summed E-state index contributed by atoms with van der Waals surface area (Å²) in [5.41, 5.74) is 1.47. The van der Waals surface area contributed by atoms with Gasteiger partial charge in [-0.2, -0.15) is 0 Å². The number of halogens is 1. The van der Waals surface area contributed by atoms with Crippen molar-refractivity contribution in [2.45, 2.75) is 4.90 Å². The molecule has 0 bridgehead atoms. The minimum atomic E-state index is -3.99. The van der Waals surface area contributed by atoms with Gasteiger partial charge in [0.2, 0.25) is 5.75 Å². The highest BCUT2D eigenvalue weighted by Gasteiger charge is 2.22. The van der Waals surface area contributed by atoms with E-state index in [2.05, 4.69) is 4.72 Å². The molecule has 1 N–H and O–H groups in total. The molecular weight excluding hydrogens is 494 g/mol. The minimum Gasteiger partial charge on any atom is -0.493 e. The van der Waals surface area contributed by atoms with Gasteiger partial charge in [0.25, 0.3) is 10.0 Å². The van der Waals surface area contributed by atoms with Crippen LogP contribution in [0.2, 0.25) is 5.02 Å². The monoisotopic (exact) mass is 519 g/mol. The summed E-state index contributed by atoms with van der Waals surface area (Å²) in [5, 5.41) is 0.299. The minimum absolute atomic E-state index is 0.00873. The molecule has 0 saturated heterocycles. The Morgan fingerprint density at radius 2 is 1.37 bits per heavy atom. The zero-order chi connectivity index (χ0) is 25.6. The Hall–Kier alpha value is -3.56. The average molecular weight is 520 g/mol. The number of rotatable bonds is 10. The summed E-state index contributed by atoms with van der Waals surface area (Å²) in [5.74, 6) is 2.03. The van der Waals surface area contributed by atoms with Crippen molar-refractivity contribution in [3.63, 3.8) is 0 Å². The lowest BCUT2D eigenvalue weighted by atomic mass is 10.1. The fourth-order valence-electron chi connectivity index (χ4n) is 3.40. The molecule has 0 aliphatic carbocycles. The summed E-state index contributed by atoms with van der Waals surface area (Å²) < 4.78 is 56.0. The van der Waals surface area contributed by atoms with Crippen molar-refractivity contribution in [3.8, 4) is 28.7 Å².